The zero-order chi connectivity index (χ0) is 14.3. The van der Waals surface area contributed by atoms with Crippen LogP contribution in [-0.4, -0.2) is 23.9 Å². The average molecular weight is 271 g/mol. The Morgan fingerprint density at radius 2 is 2.05 bits per heavy atom. The minimum absolute atomic E-state index is 0.0490. The number of hydrogen-bond donors (Lipinski definition) is 0. The topological polar surface area (TPSA) is 57.6 Å². The molecule has 3 heterocycles. The van der Waals surface area contributed by atoms with Gasteiger partial charge in [-0.05, 0) is 26.0 Å². The SMILES string of the molecule is CC(C)n1ccc(Cn2c(=O)n(C)c3ccncc32)n1. The van der Waals surface area contributed by atoms with Gasteiger partial charge in [0, 0.05) is 25.5 Å². The van der Waals surface area contributed by atoms with Gasteiger partial charge in [-0.2, -0.15) is 5.10 Å². The molecule has 0 aromatic carbocycles. The summed E-state index contributed by atoms with van der Waals surface area (Å²) in [5, 5.41) is 4.49. The predicted octanol–water partition coefficient (Wildman–Crippen LogP) is 1.56. The van der Waals surface area contributed by atoms with Gasteiger partial charge in [0.05, 0.1) is 29.5 Å². The molecule has 0 amide bonds. The maximum absolute atomic E-state index is 12.3. The number of rotatable bonds is 3. The highest BCUT2D eigenvalue weighted by atomic mass is 16.1. The van der Waals surface area contributed by atoms with Crippen LogP contribution >= 0.6 is 0 Å². The second kappa shape index (κ2) is 4.63. The zero-order valence-corrected chi connectivity index (χ0v) is 11.8. The number of aromatic nitrogens is 5. The van der Waals surface area contributed by atoms with Gasteiger partial charge >= 0.3 is 5.69 Å². The van der Waals surface area contributed by atoms with Crippen LogP contribution in [0.5, 0.6) is 0 Å². The number of aryl methyl sites for hydroxylation is 1. The first kappa shape index (κ1) is 12.7. The van der Waals surface area contributed by atoms with E-state index in [1.54, 1.807) is 28.6 Å². The van der Waals surface area contributed by atoms with Crippen molar-refractivity contribution in [1.82, 2.24) is 23.9 Å². The Morgan fingerprint density at radius 3 is 2.75 bits per heavy atom. The standard InChI is InChI=1S/C14H17N5O/c1-10(2)19-7-5-11(16-19)9-18-13-8-15-6-4-12(13)17(3)14(18)20/h4-8,10H,9H2,1-3H3. The fourth-order valence-electron chi connectivity index (χ4n) is 2.32. The smallest absolute Gasteiger partial charge is 0.295 e. The van der Waals surface area contributed by atoms with Crippen LogP contribution in [0.3, 0.4) is 0 Å². The lowest BCUT2D eigenvalue weighted by molar-refractivity contribution is 0.523. The largest absolute Gasteiger partial charge is 0.329 e. The molecule has 104 valence electrons. The van der Waals surface area contributed by atoms with E-state index in [4.69, 9.17) is 0 Å². The molecule has 0 aliphatic carbocycles. The Balaban J connectivity index is 2.06. The summed E-state index contributed by atoms with van der Waals surface area (Å²) in [7, 11) is 1.77. The van der Waals surface area contributed by atoms with Gasteiger partial charge < -0.3 is 0 Å². The second-order valence-corrected chi connectivity index (χ2v) is 5.17. The van der Waals surface area contributed by atoms with E-state index in [1.165, 1.54) is 0 Å². The van der Waals surface area contributed by atoms with Crippen molar-refractivity contribution < 1.29 is 0 Å². The summed E-state index contributed by atoms with van der Waals surface area (Å²) in [6.07, 6.45) is 5.35. The van der Waals surface area contributed by atoms with Crippen molar-refractivity contribution in [3.8, 4) is 0 Å². The van der Waals surface area contributed by atoms with E-state index >= 15 is 0 Å². The molecule has 0 aliphatic heterocycles. The Bertz CT molecular complexity index is 808. The van der Waals surface area contributed by atoms with Crippen LogP contribution in [-0.2, 0) is 13.6 Å². The molecule has 3 aromatic heterocycles. The molecular weight excluding hydrogens is 254 g/mol. The molecule has 0 unspecified atom stereocenters. The Morgan fingerprint density at radius 1 is 1.25 bits per heavy atom. The van der Waals surface area contributed by atoms with Gasteiger partial charge in [0.25, 0.3) is 0 Å². The van der Waals surface area contributed by atoms with Crippen LogP contribution in [0.15, 0.2) is 35.5 Å². The maximum atomic E-state index is 12.3. The normalized spacial score (nSPS) is 11.6. The monoisotopic (exact) mass is 271 g/mol. The van der Waals surface area contributed by atoms with Crippen molar-refractivity contribution >= 4 is 11.0 Å². The first-order valence-corrected chi connectivity index (χ1v) is 6.61. The van der Waals surface area contributed by atoms with Gasteiger partial charge in [-0.3, -0.25) is 18.8 Å². The van der Waals surface area contributed by atoms with Crippen molar-refractivity contribution in [2.75, 3.05) is 0 Å². The minimum atomic E-state index is -0.0490. The third kappa shape index (κ3) is 1.93. The summed E-state index contributed by atoms with van der Waals surface area (Å²) >= 11 is 0. The molecular formula is C14H17N5O. The lowest BCUT2D eigenvalue weighted by Crippen LogP contribution is -2.23. The van der Waals surface area contributed by atoms with Gasteiger partial charge in [-0.25, -0.2) is 4.79 Å². The van der Waals surface area contributed by atoms with E-state index in [-0.39, 0.29) is 5.69 Å². The molecule has 0 spiro atoms. The van der Waals surface area contributed by atoms with Crippen LogP contribution in [0, 0.1) is 0 Å². The van der Waals surface area contributed by atoms with Gasteiger partial charge in [0.15, 0.2) is 0 Å². The molecule has 3 rings (SSSR count). The Labute approximate surface area is 116 Å². The van der Waals surface area contributed by atoms with E-state index in [1.807, 2.05) is 23.0 Å². The molecule has 0 saturated heterocycles. The number of fused-ring (bicyclic) bond motifs is 1. The Hall–Kier alpha value is -2.37. The van der Waals surface area contributed by atoms with Gasteiger partial charge in [-0.1, -0.05) is 0 Å². The molecule has 6 heteroatoms. The minimum Gasteiger partial charge on any atom is -0.295 e. The van der Waals surface area contributed by atoms with E-state index in [0.29, 0.717) is 12.6 Å². The van der Waals surface area contributed by atoms with E-state index in [0.717, 1.165) is 16.7 Å². The lowest BCUT2D eigenvalue weighted by atomic mass is 10.4. The lowest BCUT2D eigenvalue weighted by Gasteiger charge is -2.04. The molecule has 0 aliphatic rings. The van der Waals surface area contributed by atoms with Crippen LogP contribution in [0.4, 0.5) is 0 Å². The quantitative estimate of drug-likeness (QED) is 0.726. The Kier molecular flexibility index (Phi) is 2.93. The number of hydrogen-bond acceptors (Lipinski definition) is 3. The van der Waals surface area contributed by atoms with Gasteiger partial charge in [0.2, 0.25) is 0 Å². The van der Waals surface area contributed by atoms with Gasteiger partial charge in [-0.15, -0.1) is 0 Å². The van der Waals surface area contributed by atoms with Crippen LogP contribution in [0.1, 0.15) is 25.6 Å². The molecule has 0 fully saturated rings. The fourth-order valence-corrected chi connectivity index (χ4v) is 2.32. The van der Waals surface area contributed by atoms with E-state index < -0.39 is 0 Å². The number of pyridine rings is 1. The van der Waals surface area contributed by atoms with Crippen molar-refractivity contribution in [3.05, 3.63) is 46.9 Å². The van der Waals surface area contributed by atoms with Crippen LogP contribution in [0.2, 0.25) is 0 Å². The molecule has 20 heavy (non-hydrogen) atoms. The van der Waals surface area contributed by atoms with Crippen molar-refractivity contribution in [1.29, 1.82) is 0 Å². The first-order valence-electron chi connectivity index (χ1n) is 6.61. The maximum Gasteiger partial charge on any atom is 0.329 e. The van der Waals surface area contributed by atoms with Crippen molar-refractivity contribution in [3.63, 3.8) is 0 Å². The average Bonchev–Trinajstić information content (AvgIpc) is 3.00. The summed E-state index contributed by atoms with van der Waals surface area (Å²) in [5.74, 6) is 0. The zero-order valence-electron chi connectivity index (χ0n) is 11.8. The summed E-state index contributed by atoms with van der Waals surface area (Å²) in [6, 6.07) is 4.11. The highest BCUT2D eigenvalue weighted by molar-refractivity contribution is 5.74. The second-order valence-electron chi connectivity index (χ2n) is 5.17. The van der Waals surface area contributed by atoms with Crippen molar-refractivity contribution in [2.24, 2.45) is 7.05 Å². The molecule has 0 saturated carbocycles. The molecule has 0 bridgehead atoms. The molecule has 3 aromatic rings. The van der Waals surface area contributed by atoms with Crippen molar-refractivity contribution in [2.45, 2.75) is 26.4 Å². The third-order valence-electron chi connectivity index (χ3n) is 3.46. The molecule has 0 atom stereocenters. The summed E-state index contributed by atoms with van der Waals surface area (Å²) in [6.45, 7) is 4.61. The highest BCUT2D eigenvalue weighted by Gasteiger charge is 2.12. The summed E-state index contributed by atoms with van der Waals surface area (Å²) < 4.78 is 5.23. The van der Waals surface area contributed by atoms with Crippen LogP contribution in [0.25, 0.3) is 11.0 Å². The number of nitrogens with zero attached hydrogens (tertiary/aromatic N) is 5. The number of imidazole rings is 1. The highest BCUT2D eigenvalue weighted by Crippen LogP contribution is 2.12. The fraction of sp³-hybridized carbons (Fsp3) is 0.357. The summed E-state index contributed by atoms with van der Waals surface area (Å²) in [4.78, 5) is 16.4. The molecule has 0 radical (unpaired) electrons. The molecule has 0 N–H and O–H groups in total. The summed E-state index contributed by atoms with van der Waals surface area (Å²) in [5.41, 5.74) is 2.54. The van der Waals surface area contributed by atoms with E-state index in [9.17, 15) is 4.79 Å². The third-order valence-corrected chi connectivity index (χ3v) is 3.46. The molecule has 6 nitrogen and oxygen atoms in total. The van der Waals surface area contributed by atoms with E-state index in [2.05, 4.69) is 23.9 Å². The van der Waals surface area contributed by atoms with Gasteiger partial charge in [0.1, 0.15) is 0 Å². The first-order chi connectivity index (χ1) is 9.58. The predicted molar refractivity (Wildman–Crippen MR) is 76.7 cm³/mol. The van der Waals surface area contributed by atoms with Crippen LogP contribution < -0.4 is 5.69 Å².